The number of carbonyl (C=O) groups excluding carboxylic acids is 2. The maximum Gasteiger partial charge on any atom is 0.472 e. The van der Waals surface area contributed by atoms with Crippen molar-refractivity contribution in [1.82, 2.24) is 0 Å². The van der Waals surface area contributed by atoms with Crippen molar-refractivity contribution in [3.8, 4) is 0 Å². The molecule has 12 heteroatoms. The average molecular weight is 692 g/mol. The molecule has 0 aliphatic heterocycles. The molecule has 3 atom stereocenters. The van der Waals surface area contributed by atoms with Gasteiger partial charge in [-0.05, 0) is 25.7 Å². The number of esters is 2. The third-order valence-electron chi connectivity index (χ3n) is 7.78. The van der Waals surface area contributed by atoms with Crippen molar-refractivity contribution in [2.45, 2.75) is 174 Å². The highest BCUT2D eigenvalue weighted by Crippen LogP contribution is 2.43. The van der Waals surface area contributed by atoms with Gasteiger partial charge < -0.3 is 25.2 Å². The predicted molar refractivity (Wildman–Crippen MR) is 185 cm³/mol. The molecule has 0 aromatic carbocycles. The molecule has 0 rings (SSSR count). The number of rotatable bonds is 34. The number of nitrogens with two attached hydrogens (primary N) is 1. The van der Waals surface area contributed by atoms with Crippen molar-refractivity contribution < 1.29 is 47.5 Å². The van der Waals surface area contributed by atoms with Gasteiger partial charge in [0.25, 0.3) is 0 Å². The molecule has 0 bridgehead atoms. The topological polar surface area (TPSA) is 172 Å². The molecule has 0 aliphatic carbocycles. The van der Waals surface area contributed by atoms with Gasteiger partial charge in [0.1, 0.15) is 12.6 Å². The van der Waals surface area contributed by atoms with E-state index in [0.29, 0.717) is 12.8 Å². The van der Waals surface area contributed by atoms with Gasteiger partial charge in [0.15, 0.2) is 6.10 Å². The van der Waals surface area contributed by atoms with E-state index in [-0.39, 0.29) is 19.4 Å². The number of carboxylic acid groups (broad SMARTS) is 1. The number of aliphatic carboxylic acids is 1. The molecule has 0 saturated carbocycles. The van der Waals surface area contributed by atoms with Crippen molar-refractivity contribution in [3.63, 3.8) is 0 Å². The lowest BCUT2D eigenvalue weighted by Gasteiger charge is -2.20. The molecular formula is C35H66NO10P. The second-order valence-electron chi connectivity index (χ2n) is 12.4. The molecule has 0 amide bonds. The summed E-state index contributed by atoms with van der Waals surface area (Å²) in [6.07, 6.45) is 27.5. The number of ether oxygens (including phenoxy) is 2. The Morgan fingerprint density at radius 3 is 1.64 bits per heavy atom. The average Bonchev–Trinajstić information content (AvgIpc) is 3.04. The lowest BCUT2D eigenvalue weighted by Crippen LogP contribution is -2.34. The third-order valence-corrected chi connectivity index (χ3v) is 8.73. The quantitative estimate of drug-likeness (QED) is 0.0255. The SMILES string of the molecule is CCCCCCCCCCCCC/C=C/CCC(=O)OC[C@@H](COP(=O)(O)OC[C@@H](N)C(=O)O)OC(=O)CCCCCCCCCC. The second kappa shape index (κ2) is 31.5. The van der Waals surface area contributed by atoms with E-state index in [1.165, 1.54) is 89.9 Å². The van der Waals surface area contributed by atoms with Crippen molar-refractivity contribution >= 4 is 25.7 Å². The minimum absolute atomic E-state index is 0.142. The van der Waals surface area contributed by atoms with Crippen LogP contribution in [0.25, 0.3) is 0 Å². The summed E-state index contributed by atoms with van der Waals surface area (Å²) in [5, 5.41) is 8.83. The van der Waals surface area contributed by atoms with Crippen molar-refractivity contribution in [2.75, 3.05) is 19.8 Å². The molecule has 1 unspecified atom stereocenters. The summed E-state index contributed by atoms with van der Waals surface area (Å²) < 4.78 is 32.4. The van der Waals surface area contributed by atoms with Crippen LogP contribution in [0.1, 0.15) is 162 Å². The van der Waals surface area contributed by atoms with Crippen LogP contribution in [0.2, 0.25) is 0 Å². The van der Waals surface area contributed by atoms with Gasteiger partial charge in [0.2, 0.25) is 0 Å². The summed E-state index contributed by atoms with van der Waals surface area (Å²) >= 11 is 0. The molecule has 4 N–H and O–H groups in total. The Morgan fingerprint density at radius 1 is 0.638 bits per heavy atom. The number of unbranched alkanes of at least 4 members (excludes halogenated alkanes) is 18. The van der Waals surface area contributed by atoms with Gasteiger partial charge in [-0.1, -0.05) is 135 Å². The smallest absolute Gasteiger partial charge is 0.472 e. The minimum atomic E-state index is -4.70. The van der Waals surface area contributed by atoms with Gasteiger partial charge in [0, 0.05) is 12.8 Å². The first-order chi connectivity index (χ1) is 22.6. The highest BCUT2D eigenvalue weighted by Gasteiger charge is 2.28. The van der Waals surface area contributed by atoms with Crippen molar-refractivity contribution in [2.24, 2.45) is 5.73 Å². The number of carboxylic acids is 1. The Kier molecular flexibility index (Phi) is 30.3. The maximum atomic E-state index is 12.4. The van der Waals surface area contributed by atoms with Crippen LogP contribution in [0.3, 0.4) is 0 Å². The van der Waals surface area contributed by atoms with Crippen LogP contribution in [0, 0.1) is 0 Å². The lowest BCUT2D eigenvalue weighted by molar-refractivity contribution is -0.161. The zero-order valence-electron chi connectivity index (χ0n) is 29.4. The molecule has 0 aromatic heterocycles. The monoisotopic (exact) mass is 691 g/mol. The zero-order valence-corrected chi connectivity index (χ0v) is 30.3. The van der Waals surface area contributed by atoms with Gasteiger partial charge in [-0.25, -0.2) is 4.57 Å². The normalized spacial score (nSPS) is 14.1. The maximum absolute atomic E-state index is 12.4. The van der Waals surface area contributed by atoms with Crippen LogP contribution in [-0.4, -0.2) is 59.9 Å². The van der Waals surface area contributed by atoms with E-state index in [2.05, 4.69) is 24.4 Å². The Hall–Kier alpha value is -1.78. The number of hydrogen-bond acceptors (Lipinski definition) is 9. The van der Waals surface area contributed by atoms with Gasteiger partial charge in [0.05, 0.1) is 13.2 Å². The van der Waals surface area contributed by atoms with Gasteiger partial charge >= 0.3 is 25.7 Å². The number of phosphoric acid groups is 1. The summed E-state index contributed by atoms with van der Waals surface area (Å²) in [4.78, 5) is 45.5. The van der Waals surface area contributed by atoms with E-state index in [9.17, 15) is 23.8 Å². The first-order valence-corrected chi connectivity index (χ1v) is 19.7. The van der Waals surface area contributed by atoms with Gasteiger partial charge in [-0.15, -0.1) is 0 Å². The van der Waals surface area contributed by atoms with Gasteiger partial charge in [-0.2, -0.15) is 0 Å². The summed E-state index contributed by atoms with van der Waals surface area (Å²) in [6, 6.07) is -1.52. The molecule has 0 heterocycles. The first kappa shape index (κ1) is 45.2. The molecular weight excluding hydrogens is 625 g/mol. The number of allylic oxidation sites excluding steroid dienone is 2. The Balaban J connectivity index is 4.43. The third kappa shape index (κ3) is 31.3. The molecule has 276 valence electrons. The highest BCUT2D eigenvalue weighted by molar-refractivity contribution is 7.47. The van der Waals surface area contributed by atoms with Crippen LogP contribution in [0.5, 0.6) is 0 Å². The fraction of sp³-hybridized carbons (Fsp3) is 0.857. The second-order valence-corrected chi connectivity index (χ2v) is 13.8. The fourth-order valence-electron chi connectivity index (χ4n) is 4.85. The Bertz CT molecular complexity index is 869. The van der Waals surface area contributed by atoms with E-state index in [0.717, 1.165) is 32.1 Å². The van der Waals surface area contributed by atoms with E-state index in [1.54, 1.807) is 0 Å². The molecule has 0 aromatic rings. The number of phosphoric ester groups is 1. The Labute approximate surface area is 284 Å². The van der Waals surface area contributed by atoms with Crippen LogP contribution >= 0.6 is 7.82 Å². The summed E-state index contributed by atoms with van der Waals surface area (Å²) in [6.45, 7) is 2.70. The highest BCUT2D eigenvalue weighted by atomic mass is 31.2. The van der Waals surface area contributed by atoms with Crippen molar-refractivity contribution in [1.29, 1.82) is 0 Å². The van der Waals surface area contributed by atoms with Crippen molar-refractivity contribution in [3.05, 3.63) is 12.2 Å². The fourth-order valence-corrected chi connectivity index (χ4v) is 5.62. The molecule has 0 saturated heterocycles. The molecule has 47 heavy (non-hydrogen) atoms. The van der Waals surface area contributed by atoms with E-state index < -0.39 is 51.1 Å². The lowest BCUT2D eigenvalue weighted by atomic mass is 10.1. The molecule has 0 aliphatic rings. The molecule has 11 nitrogen and oxygen atoms in total. The predicted octanol–water partition coefficient (Wildman–Crippen LogP) is 8.56. The molecule has 0 spiro atoms. The zero-order chi connectivity index (χ0) is 35.0. The standard InChI is InChI=1S/C35H66NO10P/c1-3-5-7-9-11-13-14-15-16-17-18-19-21-22-24-26-33(37)43-28-31(29-44-47(41,42)45-30-32(36)35(39)40)46-34(38)27-25-23-20-12-10-8-6-4-2/h21-22,31-32H,3-20,23-30,36H2,1-2H3,(H,39,40)(H,41,42)/b22-21+/t31-,32+/m0/s1. The van der Waals surface area contributed by atoms with E-state index >= 15 is 0 Å². The summed E-state index contributed by atoms with van der Waals surface area (Å²) in [5.41, 5.74) is 5.30. The van der Waals surface area contributed by atoms with Crippen LogP contribution in [0.4, 0.5) is 0 Å². The van der Waals surface area contributed by atoms with Crippen LogP contribution < -0.4 is 5.73 Å². The van der Waals surface area contributed by atoms with Crippen LogP contribution in [0.15, 0.2) is 12.2 Å². The van der Waals surface area contributed by atoms with Crippen LogP contribution in [-0.2, 0) is 37.5 Å². The minimum Gasteiger partial charge on any atom is -0.480 e. The Morgan fingerprint density at radius 2 is 1.11 bits per heavy atom. The molecule has 0 fully saturated rings. The van der Waals surface area contributed by atoms with Gasteiger partial charge in [-0.3, -0.25) is 23.4 Å². The molecule has 0 radical (unpaired) electrons. The number of hydrogen-bond donors (Lipinski definition) is 3. The summed E-state index contributed by atoms with van der Waals surface area (Å²) in [7, 11) is -4.70. The van der Waals surface area contributed by atoms with E-state index in [4.69, 9.17) is 24.8 Å². The largest absolute Gasteiger partial charge is 0.480 e. The summed E-state index contributed by atoms with van der Waals surface area (Å²) in [5.74, 6) is -2.44. The first-order valence-electron chi connectivity index (χ1n) is 18.2. The number of carbonyl (C=O) groups is 3. The van der Waals surface area contributed by atoms with E-state index in [1.807, 2.05) is 6.08 Å².